The molecule has 1 aromatic heterocycles. The molecule has 0 saturated heterocycles. The molecule has 0 aliphatic rings. The summed E-state index contributed by atoms with van der Waals surface area (Å²) in [5, 5.41) is 0. The van der Waals surface area contributed by atoms with Gasteiger partial charge < -0.3 is 0 Å². The number of benzene rings is 2. The van der Waals surface area contributed by atoms with Crippen LogP contribution in [0.4, 0.5) is 13.2 Å². The van der Waals surface area contributed by atoms with Gasteiger partial charge in [0.05, 0.1) is 11.3 Å². The van der Waals surface area contributed by atoms with E-state index in [9.17, 15) is 13.2 Å². The lowest BCUT2D eigenvalue weighted by molar-refractivity contribution is -0.137. The highest BCUT2D eigenvalue weighted by molar-refractivity contribution is 5.73. The number of aromatic nitrogens is 2. The summed E-state index contributed by atoms with van der Waals surface area (Å²) < 4.78 is 39.6. The Kier molecular flexibility index (Phi) is 3.86. The SMILES string of the molecule is Cc1nccc(-c2cccc(-c3ccccc3C(F)(F)F)c2)n1. The zero-order valence-corrected chi connectivity index (χ0v) is 12.3. The molecule has 0 fully saturated rings. The van der Waals surface area contributed by atoms with Crippen LogP contribution in [0.2, 0.25) is 0 Å². The zero-order chi connectivity index (χ0) is 16.4. The van der Waals surface area contributed by atoms with Crippen molar-refractivity contribution in [1.29, 1.82) is 0 Å². The van der Waals surface area contributed by atoms with Gasteiger partial charge in [0.15, 0.2) is 0 Å². The first-order chi connectivity index (χ1) is 10.9. The number of alkyl halides is 3. The monoisotopic (exact) mass is 314 g/mol. The average Bonchev–Trinajstić information content (AvgIpc) is 2.54. The van der Waals surface area contributed by atoms with Gasteiger partial charge in [0, 0.05) is 11.8 Å². The maximum atomic E-state index is 13.2. The van der Waals surface area contributed by atoms with Crippen molar-refractivity contribution in [2.45, 2.75) is 13.1 Å². The van der Waals surface area contributed by atoms with E-state index in [4.69, 9.17) is 0 Å². The summed E-state index contributed by atoms with van der Waals surface area (Å²) in [5.41, 5.74) is 1.46. The van der Waals surface area contributed by atoms with E-state index in [0.29, 0.717) is 17.1 Å². The minimum absolute atomic E-state index is 0.160. The van der Waals surface area contributed by atoms with Crippen LogP contribution in [-0.4, -0.2) is 9.97 Å². The maximum absolute atomic E-state index is 13.2. The van der Waals surface area contributed by atoms with Crippen LogP contribution in [0.1, 0.15) is 11.4 Å². The molecule has 1 heterocycles. The van der Waals surface area contributed by atoms with E-state index in [-0.39, 0.29) is 5.56 Å². The summed E-state index contributed by atoms with van der Waals surface area (Å²) in [7, 11) is 0. The van der Waals surface area contributed by atoms with Crippen molar-refractivity contribution in [3.63, 3.8) is 0 Å². The molecule has 23 heavy (non-hydrogen) atoms. The van der Waals surface area contributed by atoms with Crippen LogP contribution in [0, 0.1) is 6.92 Å². The highest BCUT2D eigenvalue weighted by atomic mass is 19.4. The molecule has 0 saturated carbocycles. The molecule has 0 spiro atoms. The predicted molar refractivity (Wildman–Crippen MR) is 82.6 cm³/mol. The lowest BCUT2D eigenvalue weighted by atomic mass is 9.97. The van der Waals surface area contributed by atoms with Gasteiger partial charge in [-0.2, -0.15) is 13.2 Å². The fourth-order valence-corrected chi connectivity index (χ4v) is 2.45. The summed E-state index contributed by atoms with van der Waals surface area (Å²) in [4.78, 5) is 8.35. The lowest BCUT2D eigenvalue weighted by Crippen LogP contribution is -2.06. The molecule has 3 aromatic rings. The Labute approximate surface area is 131 Å². The molecule has 0 aliphatic carbocycles. The third-order valence-electron chi connectivity index (χ3n) is 3.48. The highest BCUT2D eigenvalue weighted by Crippen LogP contribution is 2.37. The number of hydrogen-bond donors (Lipinski definition) is 0. The van der Waals surface area contributed by atoms with E-state index >= 15 is 0 Å². The van der Waals surface area contributed by atoms with E-state index < -0.39 is 11.7 Å². The molecule has 0 amide bonds. The van der Waals surface area contributed by atoms with E-state index in [2.05, 4.69) is 9.97 Å². The minimum atomic E-state index is -4.39. The Balaban J connectivity index is 2.12. The van der Waals surface area contributed by atoms with E-state index in [1.807, 2.05) is 6.07 Å². The Morgan fingerprint density at radius 3 is 2.35 bits per heavy atom. The second-order valence-corrected chi connectivity index (χ2v) is 5.11. The number of nitrogens with zero attached hydrogens (tertiary/aromatic N) is 2. The smallest absolute Gasteiger partial charge is 0.242 e. The van der Waals surface area contributed by atoms with E-state index in [1.54, 1.807) is 43.5 Å². The topological polar surface area (TPSA) is 25.8 Å². The van der Waals surface area contributed by atoms with Gasteiger partial charge in [-0.15, -0.1) is 0 Å². The normalized spacial score (nSPS) is 11.5. The molecule has 2 nitrogen and oxygen atoms in total. The molecule has 2 aromatic carbocycles. The fourth-order valence-electron chi connectivity index (χ4n) is 2.45. The third-order valence-corrected chi connectivity index (χ3v) is 3.48. The fraction of sp³-hybridized carbons (Fsp3) is 0.111. The van der Waals surface area contributed by atoms with Gasteiger partial charge in [-0.25, -0.2) is 9.97 Å². The van der Waals surface area contributed by atoms with Crippen molar-refractivity contribution in [1.82, 2.24) is 9.97 Å². The van der Waals surface area contributed by atoms with Gasteiger partial charge in [-0.3, -0.25) is 0 Å². The van der Waals surface area contributed by atoms with Gasteiger partial charge in [-0.1, -0.05) is 36.4 Å². The van der Waals surface area contributed by atoms with Gasteiger partial charge >= 0.3 is 6.18 Å². The molecule has 0 N–H and O–H groups in total. The first-order valence-electron chi connectivity index (χ1n) is 7.02. The van der Waals surface area contributed by atoms with Crippen LogP contribution >= 0.6 is 0 Å². The third kappa shape index (κ3) is 3.23. The molecular formula is C18H13F3N2. The van der Waals surface area contributed by atoms with Crippen LogP contribution in [0.25, 0.3) is 22.4 Å². The van der Waals surface area contributed by atoms with Crippen molar-refractivity contribution < 1.29 is 13.2 Å². The number of aryl methyl sites for hydroxylation is 1. The standard InChI is InChI=1S/C18H13F3N2/c1-12-22-10-9-17(23-12)14-6-4-5-13(11-14)15-7-2-3-8-16(15)18(19,20)21/h2-11H,1H3. The molecular weight excluding hydrogens is 301 g/mol. The van der Waals surface area contributed by atoms with Gasteiger partial charge in [0.1, 0.15) is 5.82 Å². The van der Waals surface area contributed by atoms with Crippen molar-refractivity contribution >= 4 is 0 Å². The Morgan fingerprint density at radius 1 is 0.870 bits per heavy atom. The Hall–Kier alpha value is -2.69. The molecule has 116 valence electrons. The average molecular weight is 314 g/mol. The molecule has 3 rings (SSSR count). The second-order valence-electron chi connectivity index (χ2n) is 5.11. The summed E-state index contributed by atoms with van der Waals surface area (Å²) in [5.74, 6) is 0.614. The minimum Gasteiger partial charge on any atom is -0.242 e. The molecule has 0 aliphatic heterocycles. The summed E-state index contributed by atoms with van der Waals surface area (Å²) >= 11 is 0. The van der Waals surface area contributed by atoms with Crippen molar-refractivity contribution in [3.8, 4) is 22.4 Å². The molecule has 0 radical (unpaired) electrons. The highest BCUT2D eigenvalue weighted by Gasteiger charge is 2.33. The second kappa shape index (κ2) is 5.83. The number of halogens is 3. The number of hydrogen-bond acceptors (Lipinski definition) is 2. The summed E-state index contributed by atoms with van der Waals surface area (Å²) in [6, 6.07) is 14.2. The molecule has 0 unspecified atom stereocenters. The summed E-state index contributed by atoms with van der Waals surface area (Å²) in [6.45, 7) is 1.77. The Bertz CT molecular complexity index is 841. The van der Waals surface area contributed by atoms with Gasteiger partial charge in [0.2, 0.25) is 0 Å². The first kappa shape index (κ1) is 15.2. The van der Waals surface area contributed by atoms with Crippen molar-refractivity contribution in [2.24, 2.45) is 0 Å². The molecule has 0 atom stereocenters. The largest absolute Gasteiger partial charge is 0.417 e. The van der Waals surface area contributed by atoms with Crippen molar-refractivity contribution in [2.75, 3.05) is 0 Å². The van der Waals surface area contributed by atoms with Crippen LogP contribution in [-0.2, 0) is 6.18 Å². The molecule has 0 bridgehead atoms. The first-order valence-corrected chi connectivity index (χ1v) is 7.02. The predicted octanol–water partition coefficient (Wildman–Crippen LogP) is 5.14. The van der Waals surface area contributed by atoms with Crippen molar-refractivity contribution in [3.05, 3.63) is 72.2 Å². The van der Waals surface area contributed by atoms with Gasteiger partial charge in [0.25, 0.3) is 0 Å². The van der Waals surface area contributed by atoms with Crippen LogP contribution in [0.3, 0.4) is 0 Å². The van der Waals surface area contributed by atoms with Gasteiger partial charge in [-0.05, 0) is 36.2 Å². The van der Waals surface area contributed by atoms with E-state index in [0.717, 1.165) is 11.6 Å². The maximum Gasteiger partial charge on any atom is 0.417 e. The molecule has 5 heteroatoms. The van der Waals surface area contributed by atoms with Crippen LogP contribution in [0.15, 0.2) is 60.8 Å². The Morgan fingerprint density at radius 2 is 1.61 bits per heavy atom. The summed E-state index contributed by atoms with van der Waals surface area (Å²) in [6.07, 6.45) is -2.76. The quantitative estimate of drug-likeness (QED) is 0.654. The number of rotatable bonds is 2. The zero-order valence-electron chi connectivity index (χ0n) is 12.3. The lowest BCUT2D eigenvalue weighted by Gasteiger charge is -2.13. The van der Waals surface area contributed by atoms with Crippen LogP contribution < -0.4 is 0 Å². The van der Waals surface area contributed by atoms with E-state index in [1.165, 1.54) is 12.1 Å². The van der Waals surface area contributed by atoms with Crippen LogP contribution in [0.5, 0.6) is 0 Å².